The second-order valence-corrected chi connectivity index (χ2v) is 4.65. The van der Waals surface area contributed by atoms with Gasteiger partial charge in [-0.1, -0.05) is 22.0 Å². The van der Waals surface area contributed by atoms with Gasteiger partial charge in [0.2, 0.25) is 0 Å². The minimum absolute atomic E-state index is 0. The van der Waals surface area contributed by atoms with Gasteiger partial charge in [-0.05, 0) is 31.2 Å². The molecule has 0 spiro atoms. The van der Waals surface area contributed by atoms with Gasteiger partial charge < -0.3 is 15.4 Å². The maximum atomic E-state index is 5.59. The minimum Gasteiger partial charge on any atom is -0.492 e. The molecule has 0 radical (unpaired) electrons. The molecule has 0 saturated heterocycles. The molecule has 0 bridgehead atoms. The van der Waals surface area contributed by atoms with Crippen LogP contribution in [0.4, 0.5) is 0 Å². The summed E-state index contributed by atoms with van der Waals surface area (Å²) in [5, 5.41) is 6.29. The lowest BCUT2D eigenvalue weighted by atomic mass is 10.3. The highest BCUT2D eigenvalue weighted by Gasteiger charge is 1.95. The summed E-state index contributed by atoms with van der Waals surface area (Å²) in [4.78, 5) is 4.40. The lowest BCUT2D eigenvalue weighted by molar-refractivity contribution is 0.328. The Morgan fingerprint density at radius 2 is 2.05 bits per heavy atom. The van der Waals surface area contributed by atoms with E-state index in [2.05, 4.69) is 38.1 Å². The molecule has 0 aliphatic carbocycles. The van der Waals surface area contributed by atoms with Crippen LogP contribution in [0.5, 0.6) is 5.75 Å². The van der Waals surface area contributed by atoms with Crippen LogP contribution in [0.25, 0.3) is 0 Å². The third-order valence-electron chi connectivity index (χ3n) is 2.20. The zero-order chi connectivity index (χ0) is 13.9. The van der Waals surface area contributed by atoms with E-state index in [4.69, 9.17) is 4.74 Å². The fourth-order valence-corrected chi connectivity index (χ4v) is 1.63. The van der Waals surface area contributed by atoms with E-state index >= 15 is 0 Å². The van der Waals surface area contributed by atoms with E-state index < -0.39 is 0 Å². The smallest absolute Gasteiger partial charge is 0.191 e. The first-order chi connectivity index (χ1) is 9.26. The third kappa shape index (κ3) is 8.42. The Hall–Kier alpha value is -0.760. The molecule has 0 aliphatic rings. The summed E-state index contributed by atoms with van der Waals surface area (Å²) in [7, 11) is 0. The molecule has 2 N–H and O–H groups in total. The Kier molecular flexibility index (Phi) is 11.6. The highest BCUT2D eigenvalue weighted by Crippen LogP contribution is 2.15. The van der Waals surface area contributed by atoms with Crippen LogP contribution in [0.15, 0.2) is 46.4 Å². The molecule has 6 heteroatoms. The predicted molar refractivity (Wildman–Crippen MR) is 99.2 cm³/mol. The number of rotatable bonds is 7. The van der Waals surface area contributed by atoms with Crippen molar-refractivity contribution in [2.45, 2.75) is 6.92 Å². The van der Waals surface area contributed by atoms with E-state index in [1.807, 2.05) is 31.2 Å². The summed E-state index contributed by atoms with van der Waals surface area (Å²) in [5.41, 5.74) is 0. The molecule has 1 rings (SSSR count). The SMILES string of the molecule is C=CCNC(=NCCOc1ccc(Br)cc1)NCC.I. The van der Waals surface area contributed by atoms with Gasteiger partial charge in [0.25, 0.3) is 0 Å². The van der Waals surface area contributed by atoms with Crippen LogP contribution in [0.3, 0.4) is 0 Å². The molecule has 0 saturated carbocycles. The Morgan fingerprint density at radius 1 is 1.35 bits per heavy atom. The second kappa shape index (κ2) is 12.0. The van der Waals surface area contributed by atoms with Crippen molar-refractivity contribution in [3.05, 3.63) is 41.4 Å². The first-order valence-corrected chi connectivity index (χ1v) is 7.07. The maximum absolute atomic E-state index is 5.59. The molecule has 1 aromatic rings. The summed E-state index contributed by atoms with van der Waals surface area (Å²) >= 11 is 3.39. The van der Waals surface area contributed by atoms with Crippen molar-refractivity contribution in [3.63, 3.8) is 0 Å². The minimum atomic E-state index is 0. The molecule has 112 valence electrons. The summed E-state index contributed by atoms with van der Waals surface area (Å²) in [6.07, 6.45) is 1.80. The van der Waals surface area contributed by atoms with Crippen molar-refractivity contribution in [1.82, 2.24) is 10.6 Å². The van der Waals surface area contributed by atoms with Crippen LogP contribution in [-0.2, 0) is 0 Å². The Balaban J connectivity index is 0.00000361. The maximum Gasteiger partial charge on any atom is 0.191 e. The van der Waals surface area contributed by atoms with Gasteiger partial charge in [-0.2, -0.15) is 0 Å². The number of hydrogen-bond donors (Lipinski definition) is 2. The van der Waals surface area contributed by atoms with Crippen LogP contribution >= 0.6 is 39.9 Å². The molecule has 0 amide bonds. The van der Waals surface area contributed by atoms with Crippen molar-refractivity contribution < 1.29 is 4.74 Å². The highest BCUT2D eigenvalue weighted by atomic mass is 127. The zero-order valence-electron chi connectivity index (χ0n) is 11.6. The van der Waals surface area contributed by atoms with Crippen molar-refractivity contribution in [1.29, 1.82) is 0 Å². The van der Waals surface area contributed by atoms with Gasteiger partial charge in [0, 0.05) is 17.6 Å². The quantitative estimate of drug-likeness (QED) is 0.219. The Labute approximate surface area is 146 Å². The standard InChI is InChI=1S/C14H20BrN3O.HI/c1-3-9-17-14(16-4-2)18-10-11-19-13-7-5-12(15)6-8-13;/h3,5-8H,1,4,9-11H2,2H3,(H2,16,17,18);1H. The van der Waals surface area contributed by atoms with E-state index in [9.17, 15) is 0 Å². The normalized spacial score (nSPS) is 10.4. The van der Waals surface area contributed by atoms with E-state index in [1.54, 1.807) is 6.08 Å². The zero-order valence-corrected chi connectivity index (χ0v) is 15.5. The van der Waals surface area contributed by atoms with E-state index in [1.165, 1.54) is 0 Å². The lowest BCUT2D eigenvalue weighted by Gasteiger charge is -2.09. The number of nitrogens with zero attached hydrogens (tertiary/aromatic N) is 1. The number of halogens is 2. The predicted octanol–water partition coefficient (Wildman–Crippen LogP) is 3.19. The first kappa shape index (κ1) is 19.2. The Morgan fingerprint density at radius 3 is 2.65 bits per heavy atom. The molecule has 20 heavy (non-hydrogen) atoms. The van der Waals surface area contributed by atoms with Crippen LogP contribution in [-0.4, -0.2) is 32.2 Å². The molecule has 0 unspecified atom stereocenters. The largest absolute Gasteiger partial charge is 0.492 e. The van der Waals surface area contributed by atoms with E-state index in [0.29, 0.717) is 19.7 Å². The van der Waals surface area contributed by atoms with E-state index in [0.717, 1.165) is 22.7 Å². The molecule has 1 aromatic carbocycles. The van der Waals surface area contributed by atoms with Gasteiger partial charge in [-0.3, -0.25) is 0 Å². The number of benzene rings is 1. The average molecular weight is 454 g/mol. The van der Waals surface area contributed by atoms with Crippen molar-refractivity contribution >= 4 is 45.9 Å². The Bertz CT molecular complexity index is 409. The fraction of sp³-hybridized carbons (Fsp3) is 0.357. The van der Waals surface area contributed by atoms with Crippen molar-refractivity contribution in [3.8, 4) is 5.75 Å². The fourth-order valence-electron chi connectivity index (χ4n) is 1.36. The number of guanidine groups is 1. The number of hydrogen-bond acceptors (Lipinski definition) is 2. The van der Waals surface area contributed by atoms with Gasteiger partial charge in [-0.25, -0.2) is 4.99 Å². The lowest BCUT2D eigenvalue weighted by Crippen LogP contribution is -2.37. The molecule has 0 heterocycles. The van der Waals surface area contributed by atoms with Crippen LogP contribution in [0.2, 0.25) is 0 Å². The number of nitrogens with one attached hydrogen (secondary N) is 2. The molecule has 0 aliphatic heterocycles. The average Bonchev–Trinajstić information content (AvgIpc) is 2.42. The van der Waals surface area contributed by atoms with Crippen LogP contribution in [0.1, 0.15) is 6.92 Å². The highest BCUT2D eigenvalue weighted by molar-refractivity contribution is 14.0. The monoisotopic (exact) mass is 453 g/mol. The molecule has 0 atom stereocenters. The molecule has 4 nitrogen and oxygen atoms in total. The molecule has 0 fully saturated rings. The summed E-state index contributed by atoms with van der Waals surface area (Å²) in [6, 6.07) is 7.76. The molecular formula is C14H21BrIN3O. The van der Waals surface area contributed by atoms with Crippen LogP contribution in [0, 0.1) is 0 Å². The third-order valence-corrected chi connectivity index (χ3v) is 2.73. The van der Waals surface area contributed by atoms with Gasteiger partial charge in [0.15, 0.2) is 5.96 Å². The first-order valence-electron chi connectivity index (χ1n) is 6.27. The second-order valence-electron chi connectivity index (χ2n) is 3.73. The summed E-state index contributed by atoms with van der Waals surface area (Å²) in [5.74, 6) is 1.63. The van der Waals surface area contributed by atoms with Crippen LogP contribution < -0.4 is 15.4 Å². The van der Waals surface area contributed by atoms with Gasteiger partial charge in [0.1, 0.15) is 12.4 Å². The van der Waals surface area contributed by atoms with Gasteiger partial charge in [-0.15, -0.1) is 30.6 Å². The molecule has 0 aromatic heterocycles. The summed E-state index contributed by atoms with van der Waals surface area (Å²) in [6.45, 7) is 8.36. The number of aliphatic imine (C=N–C) groups is 1. The summed E-state index contributed by atoms with van der Waals surface area (Å²) < 4.78 is 6.63. The van der Waals surface area contributed by atoms with Crippen molar-refractivity contribution in [2.24, 2.45) is 4.99 Å². The van der Waals surface area contributed by atoms with Gasteiger partial charge >= 0.3 is 0 Å². The molecular weight excluding hydrogens is 433 g/mol. The van der Waals surface area contributed by atoms with Crippen molar-refractivity contribution in [2.75, 3.05) is 26.2 Å². The topological polar surface area (TPSA) is 45.7 Å². The van der Waals surface area contributed by atoms with Gasteiger partial charge in [0.05, 0.1) is 6.54 Å². The van der Waals surface area contributed by atoms with E-state index in [-0.39, 0.29) is 24.0 Å². The number of ether oxygens (including phenoxy) is 1.